The van der Waals surface area contributed by atoms with Crippen molar-refractivity contribution in [2.24, 2.45) is 0 Å². The number of hydrogen-bond donors (Lipinski definition) is 2. The van der Waals surface area contributed by atoms with Gasteiger partial charge in [0.05, 0.1) is 6.61 Å². The summed E-state index contributed by atoms with van der Waals surface area (Å²) in [4.78, 5) is 18.9. The van der Waals surface area contributed by atoms with E-state index in [0.717, 1.165) is 36.5 Å². The van der Waals surface area contributed by atoms with Crippen LogP contribution in [0.25, 0.3) is 10.6 Å². The molecular formula is C18H23N3O2S. The lowest BCUT2D eigenvalue weighted by Gasteiger charge is -2.34. The first kappa shape index (κ1) is 17.1. The van der Waals surface area contributed by atoms with Gasteiger partial charge in [-0.05, 0) is 19.4 Å². The minimum atomic E-state index is -0.133. The molecule has 2 N–H and O–H groups in total. The fraction of sp³-hybridized carbons (Fsp3) is 0.444. The van der Waals surface area contributed by atoms with Gasteiger partial charge in [-0.1, -0.05) is 36.8 Å². The van der Waals surface area contributed by atoms with Gasteiger partial charge in [0.1, 0.15) is 10.7 Å². The van der Waals surface area contributed by atoms with E-state index in [-0.39, 0.29) is 18.6 Å². The number of hydrogen-bond acceptors (Lipinski definition) is 5. The predicted molar refractivity (Wildman–Crippen MR) is 96.2 cm³/mol. The second kappa shape index (κ2) is 8.37. The minimum absolute atomic E-state index is 0.133. The first-order chi connectivity index (χ1) is 11.8. The Labute approximate surface area is 146 Å². The summed E-state index contributed by atoms with van der Waals surface area (Å²) < 4.78 is 0. The summed E-state index contributed by atoms with van der Waals surface area (Å²) in [5.41, 5.74) is 1.50. The van der Waals surface area contributed by atoms with E-state index >= 15 is 0 Å². The number of aromatic nitrogens is 1. The quantitative estimate of drug-likeness (QED) is 0.844. The molecule has 0 bridgehead atoms. The van der Waals surface area contributed by atoms with Gasteiger partial charge in [-0.25, -0.2) is 4.98 Å². The fourth-order valence-electron chi connectivity index (χ4n) is 3.06. The topological polar surface area (TPSA) is 65.5 Å². The molecule has 128 valence electrons. The summed E-state index contributed by atoms with van der Waals surface area (Å²) in [6.07, 6.45) is 3.38. The molecule has 3 rings (SSSR count). The van der Waals surface area contributed by atoms with Crippen molar-refractivity contribution in [2.45, 2.75) is 25.3 Å². The molecule has 1 fully saturated rings. The van der Waals surface area contributed by atoms with Crippen LogP contribution in [0.2, 0.25) is 0 Å². The molecule has 0 saturated carbocycles. The lowest BCUT2D eigenvalue weighted by molar-refractivity contribution is 0.0847. The van der Waals surface area contributed by atoms with E-state index in [2.05, 4.69) is 15.2 Å². The van der Waals surface area contributed by atoms with Crippen molar-refractivity contribution in [3.05, 3.63) is 41.4 Å². The largest absolute Gasteiger partial charge is 0.395 e. The predicted octanol–water partition coefficient (Wildman–Crippen LogP) is 2.39. The number of thiazole rings is 1. The average Bonchev–Trinajstić information content (AvgIpc) is 3.13. The molecule has 0 radical (unpaired) electrons. The van der Waals surface area contributed by atoms with E-state index < -0.39 is 0 Å². The maximum Gasteiger partial charge on any atom is 0.270 e. The SMILES string of the molecule is O=C(NCCN1CCCCC1CO)c1csc(-c2ccccc2)n1. The second-order valence-electron chi connectivity index (χ2n) is 6.03. The Morgan fingerprint density at radius 3 is 2.96 bits per heavy atom. The Kier molecular flexibility index (Phi) is 5.96. The maximum atomic E-state index is 12.2. The number of amides is 1. The van der Waals surface area contributed by atoms with Gasteiger partial charge in [-0.15, -0.1) is 11.3 Å². The van der Waals surface area contributed by atoms with Crippen LogP contribution in [0.4, 0.5) is 0 Å². The Balaban J connectivity index is 1.51. The standard InChI is InChI=1S/C18H23N3O2S/c22-12-15-8-4-5-10-21(15)11-9-19-17(23)16-13-24-18(20-16)14-6-2-1-3-7-14/h1-3,6-7,13,15,22H,4-5,8-12H2,(H,19,23). The smallest absolute Gasteiger partial charge is 0.270 e. The van der Waals surface area contributed by atoms with Crippen LogP contribution < -0.4 is 5.32 Å². The van der Waals surface area contributed by atoms with Crippen molar-refractivity contribution in [1.29, 1.82) is 0 Å². The van der Waals surface area contributed by atoms with Crippen LogP contribution in [-0.2, 0) is 0 Å². The number of carbonyl (C=O) groups is 1. The number of likely N-dealkylation sites (tertiary alicyclic amines) is 1. The zero-order chi connectivity index (χ0) is 16.8. The first-order valence-corrected chi connectivity index (χ1v) is 9.30. The number of nitrogens with one attached hydrogen (secondary N) is 1. The third kappa shape index (κ3) is 4.20. The highest BCUT2D eigenvalue weighted by Gasteiger charge is 2.21. The lowest BCUT2D eigenvalue weighted by Crippen LogP contribution is -2.45. The number of nitrogens with zero attached hydrogens (tertiary/aromatic N) is 2. The molecule has 1 aromatic heterocycles. The summed E-state index contributed by atoms with van der Waals surface area (Å²) in [6, 6.07) is 10.1. The first-order valence-electron chi connectivity index (χ1n) is 8.42. The van der Waals surface area contributed by atoms with E-state index in [1.54, 1.807) is 5.38 Å². The Bertz CT molecular complexity index is 659. The van der Waals surface area contributed by atoms with E-state index in [1.807, 2.05) is 30.3 Å². The van der Waals surface area contributed by atoms with E-state index in [4.69, 9.17) is 0 Å². The highest BCUT2D eigenvalue weighted by Crippen LogP contribution is 2.23. The summed E-state index contributed by atoms with van der Waals surface area (Å²) in [6.45, 7) is 2.54. The van der Waals surface area contributed by atoms with Crippen molar-refractivity contribution >= 4 is 17.2 Å². The second-order valence-corrected chi connectivity index (χ2v) is 6.89. The molecule has 1 unspecified atom stereocenters. The molecule has 1 amide bonds. The molecule has 1 aromatic carbocycles. The number of carbonyl (C=O) groups excluding carboxylic acids is 1. The van der Waals surface area contributed by atoms with Crippen LogP contribution >= 0.6 is 11.3 Å². The van der Waals surface area contributed by atoms with Gasteiger partial charge in [0.25, 0.3) is 5.91 Å². The fourth-order valence-corrected chi connectivity index (χ4v) is 3.86. The third-order valence-corrected chi connectivity index (χ3v) is 5.29. The summed E-state index contributed by atoms with van der Waals surface area (Å²) in [5.74, 6) is -0.133. The zero-order valence-corrected chi connectivity index (χ0v) is 14.5. The average molecular weight is 345 g/mol. The monoisotopic (exact) mass is 345 g/mol. The normalized spacial score (nSPS) is 18.5. The van der Waals surface area contributed by atoms with Crippen LogP contribution in [0, 0.1) is 0 Å². The van der Waals surface area contributed by atoms with Gasteiger partial charge < -0.3 is 10.4 Å². The molecule has 0 aliphatic carbocycles. The van der Waals surface area contributed by atoms with E-state index in [9.17, 15) is 9.90 Å². The lowest BCUT2D eigenvalue weighted by atomic mass is 10.0. The summed E-state index contributed by atoms with van der Waals surface area (Å²) in [5, 5.41) is 15.0. The third-order valence-electron chi connectivity index (χ3n) is 4.40. The van der Waals surface area contributed by atoms with Crippen LogP contribution in [0.15, 0.2) is 35.7 Å². The summed E-state index contributed by atoms with van der Waals surface area (Å²) in [7, 11) is 0. The van der Waals surface area contributed by atoms with E-state index in [1.165, 1.54) is 17.8 Å². The minimum Gasteiger partial charge on any atom is -0.395 e. The highest BCUT2D eigenvalue weighted by molar-refractivity contribution is 7.13. The number of aliphatic hydroxyl groups excluding tert-OH is 1. The van der Waals surface area contributed by atoms with Gasteiger partial charge in [0.2, 0.25) is 0 Å². The van der Waals surface area contributed by atoms with E-state index in [0.29, 0.717) is 12.2 Å². The van der Waals surface area contributed by atoms with Gasteiger partial charge in [0.15, 0.2) is 0 Å². The van der Waals surface area contributed by atoms with Crippen molar-refractivity contribution < 1.29 is 9.90 Å². The molecule has 2 heterocycles. The molecule has 1 aliphatic heterocycles. The van der Waals surface area contributed by atoms with Crippen molar-refractivity contribution in [3.8, 4) is 10.6 Å². The number of benzene rings is 1. The molecule has 24 heavy (non-hydrogen) atoms. The maximum absolute atomic E-state index is 12.2. The molecule has 6 heteroatoms. The van der Waals surface area contributed by atoms with Crippen LogP contribution in [0.5, 0.6) is 0 Å². The highest BCUT2D eigenvalue weighted by atomic mass is 32.1. The van der Waals surface area contributed by atoms with Crippen LogP contribution in [0.3, 0.4) is 0 Å². The van der Waals surface area contributed by atoms with Crippen LogP contribution in [-0.4, -0.2) is 53.2 Å². The van der Waals surface area contributed by atoms with Gasteiger partial charge in [-0.2, -0.15) is 0 Å². The molecule has 1 aliphatic rings. The Hall–Kier alpha value is -1.76. The number of rotatable bonds is 6. The molecule has 5 nitrogen and oxygen atoms in total. The Morgan fingerprint density at radius 1 is 1.33 bits per heavy atom. The molecule has 1 saturated heterocycles. The van der Waals surface area contributed by atoms with Crippen LogP contribution in [0.1, 0.15) is 29.8 Å². The zero-order valence-electron chi connectivity index (χ0n) is 13.6. The molecule has 2 aromatic rings. The van der Waals surface area contributed by atoms with Gasteiger partial charge in [-0.3, -0.25) is 9.69 Å². The Morgan fingerprint density at radius 2 is 2.17 bits per heavy atom. The van der Waals surface area contributed by atoms with Crippen molar-refractivity contribution in [1.82, 2.24) is 15.2 Å². The number of aliphatic hydroxyl groups is 1. The van der Waals surface area contributed by atoms with Gasteiger partial charge >= 0.3 is 0 Å². The molecular weight excluding hydrogens is 322 g/mol. The molecule has 1 atom stereocenters. The summed E-state index contributed by atoms with van der Waals surface area (Å²) >= 11 is 1.48. The number of piperidine rings is 1. The van der Waals surface area contributed by atoms with Crippen molar-refractivity contribution in [3.63, 3.8) is 0 Å². The van der Waals surface area contributed by atoms with Crippen molar-refractivity contribution in [2.75, 3.05) is 26.2 Å². The molecule has 0 spiro atoms. The van der Waals surface area contributed by atoms with Gasteiger partial charge in [0, 0.05) is 30.1 Å².